The van der Waals surface area contributed by atoms with Gasteiger partial charge in [0, 0.05) is 43.3 Å². The van der Waals surface area contributed by atoms with Gasteiger partial charge in [0.05, 0.1) is 18.7 Å². The summed E-state index contributed by atoms with van der Waals surface area (Å²) in [5, 5.41) is 5.47. The molecule has 5 rings (SSSR count). The van der Waals surface area contributed by atoms with Crippen LogP contribution >= 0.6 is 11.3 Å². The number of nitrogens with one attached hydrogen (secondary N) is 1. The molecule has 12 heteroatoms. The Labute approximate surface area is 222 Å². The third-order valence-electron chi connectivity index (χ3n) is 7.31. The molecule has 8 nitrogen and oxygen atoms in total. The average molecular weight is 548 g/mol. The first kappa shape index (κ1) is 26.4. The maximum absolute atomic E-state index is 15.2. The van der Waals surface area contributed by atoms with Crippen molar-refractivity contribution in [1.29, 1.82) is 0 Å². The minimum Gasteiger partial charge on any atom is -0.463 e. The highest BCUT2D eigenvalue weighted by atomic mass is 32.1. The van der Waals surface area contributed by atoms with Crippen LogP contribution in [0, 0.1) is 12.7 Å². The van der Waals surface area contributed by atoms with Crippen LogP contribution in [0.3, 0.4) is 0 Å². The lowest BCUT2D eigenvalue weighted by molar-refractivity contribution is -0.139. The van der Waals surface area contributed by atoms with Gasteiger partial charge < -0.3 is 15.0 Å². The molecule has 4 heterocycles. The van der Waals surface area contributed by atoms with Crippen LogP contribution in [0.1, 0.15) is 42.4 Å². The molecular formula is C26H28F3N5O3S. The summed E-state index contributed by atoms with van der Waals surface area (Å²) in [6.45, 7) is 4.30. The van der Waals surface area contributed by atoms with Gasteiger partial charge in [-0.2, -0.15) is 0 Å². The van der Waals surface area contributed by atoms with Gasteiger partial charge in [-0.3, -0.25) is 14.7 Å². The predicted octanol–water partition coefficient (Wildman–Crippen LogP) is 3.44. The van der Waals surface area contributed by atoms with E-state index in [1.54, 1.807) is 42.5 Å². The molecule has 2 aromatic rings. The molecule has 0 aliphatic carbocycles. The number of fused-ring (bicyclic) bond motifs is 1. The number of alkyl halides is 2. The minimum absolute atomic E-state index is 0.0358. The summed E-state index contributed by atoms with van der Waals surface area (Å²) in [7, 11) is 0. The number of nitrogens with zero attached hydrogens (tertiary/aromatic N) is 4. The number of esters is 1. The molecular weight excluding hydrogens is 519 g/mol. The zero-order valence-corrected chi connectivity index (χ0v) is 22.0. The van der Waals surface area contributed by atoms with Crippen LogP contribution < -0.4 is 5.32 Å². The second-order valence-electron chi connectivity index (χ2n) is 9.59. The summed E-state index contributed by atoms with van der Waals surface area (Å²) in [5.74, 6) is -4.26. The highest BCUT2D eigenvalue weighted by Gasteiger charge is 2.60. The van der Waals surface area contributed by atoms with Crippen LogP contribution in [0.4, 0.5) is 13.2 Å². The average Bonchev–Trinajstić information content (AvgIpc) is 3.60. The number of likely N-dealkylation sites (tertiary alicyclic amines) is 2. The molecule has 2 saturated heterocycles. The van der Waals surface area contributed by atoms with Crippen LogP contribution in [0.2, 0.25) is 0 Å². The van der Waals surface area contributed by atoms with Crippen molar-refractivity contribution in [3.05, 3.63) is 63.0 Å². The van der Waals surface area contributed by atoms with Crippen LogP contribution in [-0.4, -0.2) is 76.7 Å². The number of hydrogen-bond donors (Lipinski definition) is 1. The van der Waals surface area contributed by atoms with Crippen molar-refractivity contribution in [2.45, 2.75) is 51.2 Å². The quantitative estimate of drug-likeness (QED) is 0.558. The van der Waals surface area contributed by atoms with E-state index in [2.05, 4.69) is 10.3 Å². The first-order valence-electron chi connectivity index (χ1n) is 12.4. The topological polar surface area (TPSA) is 87.1 Å². The summed E-state index contributed by atoms with van der Waals surface area (Å²) in [5.41, 5.74) is 1.27. The van der Waals surface area contributed by atoms with Crippen LogP contribution in [0.5, 0.6) is 0 Å². The maximum atomic E-state index is 15.2. The van der Waals surface area contributed by atoms with Crippen LogP contribution in [0.15, 0.2) is 46.0 Å². The molecule has 3 aliphatic rings. The Balaban J connectivity index is 1.60. The molecule has 3 aliphatic heterocycles. The zero-order chi connectivity index (χ0) is 27.2. The molecule has 1 aromatic heterocycles. The number of benzene rings is 1. The molecule has 202 valence electrons. The molecule has 0 spiro atoms. The Hall–Kier alpha value is -3.25. The van der Waals surface area contributed by atoms with Crippen molar-refractivity contribution < 1.29 is 27.5 Å². The van der Waals surface area contributed by atoms with Gasteiger partial charge in [0.15, 0.2) is 10.8 Å². The predicted molar refractivity (Wildman–Crippen MR) is 135 cm³/mol. The summed E-state index contributed by atoms with van der Waals surface area (Å²) >= 11 is 1.32. The van der Waals surface area contributed by atoms with Gasteiger partial charge in [0.2, 0.25) is 5.91 Å². The van der Waals surface area contributed by atoms with Crippen molar-refractivity contribution in [2.24, 2.45) is 4.99 Å². The molecule has 0 bridgehead atoms. The van der Waals surface area contributed by atoms with Crippen molar-refractivity contribution in [1.82, 2.24) is 20.1 Å². The molecule has 0 radical (unpaired) electrons. The van der Waals surface area contributed by atoms with Crippen LogP contribution in [-0.2, 0) is 14.3 Å². The lowest BCUT2D eigenvalue weighted by atomic mass is 9.92. The van der Waals surface area contributed by atoms with E-state index in [4.69, 9.17) is 9.73 Å². The number of aromatic nitrogens is 1. The molecule has 3 unspecified atom stereocenters. The molecule has 1 amide bonds. The Kier molecular flexibility index (Phi) is 7.03. The first-order chi connectivity index (χ1) is 18.1. The number of hydrogen-bond acceptors (Lipinski definition) is 8. The Morgan fingerprint density at radius 1 is 1.32 bits per heavy atom. The van der Waals surface area contributed by atoms with Crippen molar-refractivity contribution in [2.75, 3.05) is 26.2 Å². The smallest absolute Gasteiger partial charge is 0.338 e. The fourth-order valence-corrected chi connectivity index (χ4v) is 6.23. The summed E-state index contributed by atoms with van der Waals surface area (Å²) in [6.07, 6.45) is 2.00. The largest absolute Gasteiger partial charge is 0.463 e. The van der Waals surface area contributed by atoms with Gasteiger partial charge in [-0.25, -0.2) is 22.9 Å². The maximum Gasteiger partial charge on any atom is 0.338 e. The van der Waals surface area contributed by atoms with Crippen molar-refractivity contribution in [3.8, 4) is 0 Å². The van der Waals surface area contributed by atoms with Gasteiger partial charge >= 0.3 is 5.97 Å². The molecule has 0 saturated carbocycles. The third-order valence-corrected chi connectivity index (χ3v) is 8.09. The number of thiazole rings is 1. The van der Waals surface area contributed by atoms with Gasteiger partial charge in [-0.1, -0.05) is 12.1 Å². The fourth-order valence-electron chi connectivity index (χ4n) is 5.64. The molecule has 1 N–H and O–H groups in total. The van der Waals surface area contributed by atoms with Crippen LogP contribution in [0.25, 0.3) is 0 Å². The second-order valence-corrected chi connectivity index (χ2v) is 10.5. The number of ether oxygens (including phenoxy) is 1. The van der Waals surface area contributed by atoms with E-state index in [0.717, 1.165) is 0 Å². The van der Waals surface area contributed by atoms with E-state index >= 15 is 8.78 Å². The fraction of sp³-hybridized carbons (Fsp3) is 0.462. The number of rotatable bonds is 6. The van der Waals surface area contributed by atoms with E-state index in [9.17, 15) is 14.0 Å². The molecule has 2 fully saturated rings. The SMILES string of the molecule is CCOC(=O)C1=C(CN2CC(F)(F)C3C2CCN3C(C)=O)NC(c2nccs2)=NC1c1cccc(F)c1C. The lowest BCUT2D eigenvalue weighted by Crippen LogP contribution is -2.47. The van der Waals surface area contributed by atoms with E-state index < -0.39 is 42.4 Å². The number of amides is 1. The molecule has 3 atom stereocenters. The van der Waals surface area contributed by atoms with E-state index in [1.807, 2.05) is 0 Å². The highest BCUT2D eigenvalue weighted by molar-refractivity contribution is 7.11. The van der Waals surface area contributed by atoms with Crippen molar-refractivity contribution >= 4 is 29.0 Å². The van der Waals surface area contributed by atoms with Gasteiger partial charge in [-0.05, 0) is 37.5 Å². The second kappa shape index (κ2) is 10.1. The normalized spacial score (nSPS) is 24.7. The lowest BCUT2D eigenvalue weighted by Gasteiger charge is -2.31. The Morgan fingerprint density at radius 3 is 2.79 bits per heavy atom. The highest BCUT2D eigenvalue weighted by Crippen LogP contribution is 2.43. The number of aliphatic imine (C=N–C) groups is 1. The first-order valence-corrected chi connectivity index (χ1v) is 13.3. The molecule has 38 heavy (non-hydrogen) atoms. The Morgan fingerprint density at radius 2 is 2.11 bits per heavy atom. The molecule has 1 aromatic carbocycles. The summed E-state index contributed by atoms with van der Waals surface area (Å²) in [6, 6.07) is 1.81. The van der Waals surface area contributed by atoms with E-state index in [-0.39, 0.29) is 31.2 Å². The minimum atomic E-state index is -3.11. The number of halogens is 3. The Bertz CT molecular complexity index is 1310. The van der Waals surface area contributed by atoms with Crippen molar-refractivity contribution in [3.63, 3.8) is 0 Å². The number of amidine groups is 1. The number of carbonyl (C=O) groups is 2. The number of carbonyl (C=O) groups excluding carboxylic acids is 2. The summed E-state index contributed by atoms with van der Waals surface area (Å²) in [4.78, 5) is 37.3. The zero-order valence-electron chi connectivity index (χ0n) is 21.2. The van der Waals surface area contributed by atoms with Gasteiger partial charge in [-0.15, -0.1) is 11.3 Å². The van der Waals surface area contributed by atoms with Gasteiger partial charge in [0.25, 0.3) is 5.92 Å². The van der Waals surface area contributed by atoms with E-state index in [1.165, 1.54) is 29.2 Å². The third kappa shape index (κ3) is 4.60. The van der Waals surface area contributed by atoms with Gasteiger partial charge in [0.1, 0.15) is 17.9 Å². The summed E-state index contributed by atoms with van der Waals surface area (Å²) < 4.78 is 50.4. The standard InChI is InChI=1S/C26H28F3N5O3S/c1-4-37-25(36)20-18(12-33-13-26(28,29)22-19(33)8-10-34(22)15(3)35)31-23(24-30-9-11-38-24)32-21(20)16-6-5-7-17(27)14(16)2/h5-7,9,11,19,21-22H,4,8,10,12-13H2,1-3H3,(H,31,32). The van der Waals surface area contributed by atoms with E-state index in [0.29, 0.717) is 34.1 Å². The monoisotopic (exact) mass is 547 g/mol.